The molecular weight excluding hydrogens is 288 g/mol. The molecule has 1 N–H and O–H groups in total. The van der Waals surface area contributed by atoms with E-state index in [1.807, 2.05) is 43.9 Å². The largest absolute Gasteiger partial charge is 0.326 e. The minimum Gasteiger partial charge on any atom is -0.326 e. The average molecular weight is 314 g/mol. The zero-order valence-electron chi connectivity index (χ0n) is 14.3. The molecule has 0 bridgehead atoms. The second-order valence-electron chi connectivity index (χ2n) is 7.77. The Morgan fingerprint density at radius 1 is 1.17 bits per heavy atom. The SMILES string of the molecule is CC(C)(C)C(=O)Nc1ccc2c(c1)N(C(=O)C1CCCC1)CC2. The van der Waals surface area contributed by atoms with Crippen LogP contribution in [0.15, 0.2) is 18.2 Å². The smallest absolute Gasteiger partial charge is 0.230 e. The fourth-order valence-corrected chi connectivity index (χ4v) is 3.40. The van der Waals surface area contributed by atoms with Gasteiger partial charge < -0.3 is 10.2 Å². The Labute approximate surface area is 138 Å². The van der Waals surface area contributed by atoms with Gasteiger partial charge in [0.25, 0.3) is 0 Å². The lowest BCUT2D eigenvalue weighted by atomic mass is 9.95. The van der Waals surface area contributed by atoms with Crippen molar-refractivity contribution in [3.63, 3.8) is 0 Å². The number of amides is 2. The predicted octanol–water partition coefficient (Wildman–Crippen LogP) is 3.75. The topological polar surface area (TPSA) is 49.4 Å². The van der Waals surface area contributed by atoms with E-state index in [9.17, 15) is 9.59 Å². The van der Waals surface area contributed by atoms with Gasteiger partial charge in [-0.15, -0.1) is 0 Å². The molecule has 1 aliphatic carbocycles. The van der Waals surface area contributed by atoms with Crippen LogP contribution in [0.5, 0.6) is 0 Å². The summed E-state index contributed by atoms with van der Waals surface area (Å²) in [5.74, 6) is 0.443. The summed E-state index contributed by atoms with van der Waals surface area (Å²) in [6, 6.07) is 5.93. The van der Waals surface area contributed by atoms with Gasteiger partial charge in [0.1, 0.15) is 0 Å². The highest BCUT2D eigenvalue weighted by molar-refractivity contribution is 5.99. The van der Waals surface area contributed by atoms with Crippen molar-refractivity contribution in [3.8, 4) is 0 Å². The number of carbonyl (C=O) groups excluding carboxylic acids is 2. The quantitative estimate of drug-likeness (QED) is 0.904. The lowest BCUT2D eigenvalue weighted by Crippen LogP contribution is -2.34. The molecule has 23 heavy (non-hydrogen) atoms. The molecule has 0 radical (unpaired) electrons. The lowest BCUT2D eigenvalue weighted by Gasteiger charge is -2.22. The van der Waals surface area contributed by atoms with Crippen LogP contribution in [-0.4, -0.2) is 18.4 Å². The van der Waals surface area contributed by atoms with Crippen LogP contribution in [0.2, 0.25) is 0 Å². The molecule has 0 atom stereocenters. The summed E-state index contributed by atoms with van der Waals surface area (Å²) >= 11 is 0. The standard InChI is InChI=1S/C19H26N2O2/c1-19(2,3)18(23)20-15-9-8-13-10-11-21(16(13)12-15)17(22)14-6-4-5-7-14/h8-9,12,14H,4-7,10-11H2,1-3H3,(H,20,23). The maximum absolute atomic E-state index is 12.7. The first kappa shape index (κ1) is 16.0. The molecular formula is C19H26N2O2. The molecule has 2 amide bonds. The monoisotopic (exact) mass is 314 g/mol. The van der Waals surface area contributed by atoms with E-state index in [1.165, 1.54) is 18.4 Å². The zero-order valence-corrected chi connectivity index (χ0v) is 14.3. The number of hydrogen-bond acceptors (Lipinski definition) is 2. The third-order valence-electron chi connectivity index (χ3n) is 4.89. The van der Waals surface area contributed by atoms with Gasteiger partial charge in [-0.2, -0.15) is 0 Å². The number of benzene rings is 1. The van der Waals surface area contributed by atoms with E-state index >= 15 is 0 Å². The Hall–Kier alpha value is -1.84. The summed E-state index contributed by atoms with van der Waals surface area (Å²) < 4.78 is 0. The van der Waals surface area contributed by atoms with Crippen molar-refractivity contribution in [3.05, 3.63) is 23.8 Å². The summed E-state index contributed by atoms with van der Waals surface area (Å²) in [4.78, 5) is 26.8. The van der Waals surface area contributed by atoms with Crippen LogP contribution < -0.4 is 10.2 Å². The summed E-state index contributed by atoms with van der Waals surface area (Å²) in [6.07, 6.45) is 5.27. The minimum absolute atomic E-state index is 0.0101. The maximum atomic E-state index is 12.7. The lowest BCUT2D eigenvalue weighted by molar-refractivity contribution is -0.123. The number of nitrogens with zero attached hydrogens (tertiary/aromatic N) is 1. The molecule has 1 aromatic carbocycles. The van der Waals surface area contributed by atoms with Crippen molar-refractivity contribution < 1.29 is 9.59 Å². The molecule has 4 nitrogen and oxygen atoms in total. The highest BCUT2D eigenvalue weighted by Gasteiger charge is 2.32. The normalized spacial score (nSPS) is 18.1. The second-order valence-corrected chi connectivity index (χ2v) is 7.77. The Balaban J connectivity index is 1.80. The van der Waals surface area contributed by atoms with Gasteiger partial charge in [-0.05, 0) is 37.0 Å². The fourth-order valence-electron chi connectivity index (χ4n) is 3.40. The molecule has 4 heteroatoms. The molecule has 2 aliphatic rings. The number of rotatable bonds is 2. The number of nitrogens with one attached hydrogen (secondary N) is 1. The molecule has 1 fully saturated rings. The van der Waals surface area contributed by atoms with Crippen LogP contribution in [0.1, 0.15) is 52.0 Å². The highest BCUT2D eigenvalue weighted by Crippen LogP contribution is 2.35. The first-order chi connectivity index (χ1) is 10.9. The summed E-state index contributed by atoms with van der Waals surface area (Å²) in [5.41, 5.74) is 2.52. The number of carbonyl (C=O) groups is 2. The van der Waals surface area contributed by atoms with Crippen LogP contribution in [-0.2, 0) is 16.0 Å². The second kappa shape index (κ2) is 5.99. The predicted molar refractivity (Wildman–Crippen MR) is 92.5 cm³/mol. The van der Waals surface area contributed by atoms with Crippen LogP contribution in [0.3, 0.4) is 0 Å². The van der Waals surface area contributed by atoms with E-state index in [0.717, 1.165) is 37.2 Å². The van der Waals surface area contributed by atoms with Crippen LogP contribution >= 0.6 is 0 Å². The van der Waals surface area contributed by atoms with Gasteiger partial charge in [-0.1, -0.05) is 39.7 Å². The Kier molecular flexibility index (Phi) is 4.17. The third-order valence-corrected chi connectivity index (χ3v) is 4.89. The fraction of sp³-hybridized carbons (Fsp3) is 0.579. The van der Waals surface area contributed by atoms with E-state index in [1.54, 1.807) is 0 Å². The average Bonchev–Trinajstić information content (AvgIpc) is 3.15. The van der Waals surface area contributed by atoms with Crippen molar-refractivity contribution in [1.82, 2.24) is 0 Å². The van der Waals surface area contributed by atoms with Gasteiger partial charge in [-0.25, -0.2) is 0 Å². The first-order valence-electron chi connectivity index (χ1n) is 8.62. The van der Waals surface area contributed by atoms with Gasteiger partial charge >= 0.3 is 0 Å². The van der Waals surface area contributed by atoms with Gasteiger partial charge in [0, 0.05) is 29.3 Å². The van der Waals surface area contributed by atoms with Crippen LogP contribution in [0.4, 0.5) is 11.4 Å². The summed E-state index contributed by atoms with van der Waals surface area (Å²) in [5, 5.41) is 2.96. The molecule has 0 aromatic heterocycles. The molecule has 124 valence electrons. The third kappa shape index (κ3) is 3.26. The first-order valence-corrected chi connectivity index (χ1v) is 8.62. The molecule has 3 rings (SSSR count). The van der Waals surface area contributed by atoms with Crippen molar-refractivity contribution >= 4 is 23.2 Å². The van der Waals surface area contributed by atoms with Crippen molar-refractivity contribution in [1.29, 1.82) is 0 Å². The number of anilines is 2. The molecule has 0 saturated heterocycles. The van der Waals surface area contributed by atoms with Crippen molar-refractivity contribution in [2.75, 3.05) is 16.8 Å². The number of hydrogen-bond donors (Lipinski definition) is 1. The van der Waals surface area contributed by atoms with Gasteiger partial charge in [-0.3, -0.25) is 9.59 Å². The molecule has 1 saturated carbocycles. The maximum Gasteiger partial charge on any atom is 0.230 e. The number of fused-ring (bicyclic) bond motifs is 1. The minimum atomic E-state index is -0.432. The van der Waals surface area contributed by atoms with Crippen molar-refractivity contribution in [2.45, 2.75) is 52.9 Å². The van der Waals surface area contributed by atoms with E-state index in [0.29, 0.717) is 0 Å². The van der Waals surface area contributed by atoms with E-state index in [4.69, 9.17) is 0 Å². The molecule has 1 heterocycles. The highest BCUT2D eigenvalue weighted by atomic mass is 16.2. The Morgan fingerprint density at radius 2 is 1.87 bits per heavy atom. The Morgan fingerprint density at radius 3 is 2.52 bits per heavy atom. The van der Waals surface area contributed by atoms with E-state index in [-0.39, 0.29) is 17.7 Å². The van der Waals surface area contributed by atoms with E-state index in [2.05, 4.69) is 5.32 Å². The zero-order chi connectivity index (χ0) is 16.6. The van der Waals surface area contributed by atoms with Crippen LogP contribution in [0.25, 0.3) is 0 Å². The summed E-state index contributed by atoms with van der Waals surface area (Å²) in [7, 11) is 0. The van der Waals surface area contributed by atoms with Gasteiger partial charge in [0.2, 0.25) is 11.8 Å². The molecule has 1 aromatic rings. The van der Waals surface area contributed by atoms with Crippen LogP contribution in [0, 0.1) is 11.3 Å². The van der Waals surface area contributed by atoms with Gasteiger partial charge in [0.15, 0.2) is 0 Å². The van der Waals surface area contributed by atoms with Crippen molar-refractivity contribution in [2.24, 2.45) is 11.3 Å². The molecule has 0 unspecified atom stereocenters. The molecule has 0 spiro atoms. The van der Waals surface area contributed by atoms with Gasteiger partial charge in [0.05, 0.1) is 0 Å². The van der Waals surface area contributed by atoms with E-state index < -0.39 is 5.41 Å². The Bertz CT molecular complexity index is 625. The molecule has 1 aliphatic heterocycles. The summed E-state index contributed by atoms with van der Waals surface area (Å²) in [6.45, 7) is 6.45.